The van der Waals surface area contributed by atoms with E-state index in [1.165, 1.54) is 12.1 Å². The van der Waals surface area contributed by atoms with Crippen molar-refractivity contribution in [2.75, 3.05) is 11.9 Å². The smallest absolute Gasteiger partial charge is 0.341 e. The van der Waals surface area contributed by atoms with Crippen LogP contribution >= 0.6 is 11.3 Å². The molecule has 0 aliphatic heterocycles. The van der Waals surface area contributed by atoms with Gasteiger partial charge in [-0.3, -0.25) is 9.59 Å². The molecule has 1 fully saturated rings. The number of halogens is 1. The zero-order valence-electron chi connectivity index (χ0n) is 16.8. The molecule has 31 heavy (non-hydrogen) atoms. The highest BCUT2D eigenvalue weighted by Crippen LogP contribution is 2.49. The first-order valence-electron chi connectivity index (χ1n) is 10.2. The first-order chi connectivity index (χ1) is 14.9. The van der Waals surface area contributed by atoms with Crippen LogP contribution in [0.4, 0.5) is 9.39 Å². The Morgan fingerprint density at radius 1 is 1.16 bits per heavy atom. The Kier molecular flexibility index (Phi) is 5.91. The van der Waals surface area contributed by atoms with Gasteiger partial charge in [0.2, 0.25) is 5.91 Å². The van der Waals surface area contributed by atoms with Gasteiger partial charge in [-0.25, -0.2) is 9.18 Å². The first kappa shape index (κ1) is 21.2. The molecule has 1 saturated carbocycles. The second-order valence-corrected chi connectivity index (χ2v) is 8.70. The molecule has 0 radical (unpaired) electrons. The minimum absolute atomic E-state index is 0.127. The van der Waals surface area contributed by atoms with Crippen molar-refractivity contribution in [1.29, 1.82) is 0 Å². The monoisotopic (exact) mass is 443 g/mol. The molecule has 4 atom stereocenters. The number of carbonyl (C=O) groups is 3. The Balaban J connectivity index is 1.65. The number of allylic oxidation sites excluding steroid dienone is 2. The van der Waals surface area contributed by atoms with Crippen molar-refractivity contribution in [2.24, 2.45) is 23.7 Å². The summed E-state index contributed by atoms with van der Waals surface area (Å²) < 4.78 is 18.7. The summed E-state index contributed by atoms with van der Waals surface area (Å²) in [6.07, 6.45) is 5.06. The average molecular weight is 443 g/mol. The number of thiophene rings is 1. The topological polar surface area (TPSA) is 92.7 Å². The number of nitrogens with one attached hydrogen (secondary N) is 1. The van der Waals surface area contributed by atoms with E-state index in [1.807, 2.05) is 19.1 Å². The van der Waals surface area contributed by atoms with Crippen molar-refractivity contribution in [1.82, 2.24) is 0 Å². The lowest BCUT2D eigenvalue weighted by molar-refractivity contribution is -0.146. The molecule has 0 spiro atoms. The van der Waals surface area contributed by atoms with Gasteiger partial charge in [-0.05, 0) is 42.4 Å². The molecule has 2 aromatic rings. The number of carboxylic acid groups (broad SMARTS) is 1. The van der Waals surface area contributed by atoms with Gasteiger partial charge in [0.15, 0.2) is 0 Å². The fraction of sp³-hybridized carbons (Fsp3) is 0.348. The fourth-order valence-electron chi connectivity index (χ4n) is 4.47. The maximum atomic E-state index is 13.4. The molecule has 2 N–H and O–H groups in total. The quantitative estimate of drug-likeness (QED) is 0.483. The van der Waals surface area contributed by atoms with Gasteiger partial charge in [0.25, 0.3) is 0 Å². The van der Waals surface area contributed by atoms with Crippen LogP contribution in [0, 0.1) is 29.5 Å². The fourth-order valence-corrected chi connectivity index (χ4v) is 5.43. The SMILES string of the molecule is CCCOC(=O)c1c(-c2ccc(F)cc2)csc1NC(=O)[C@H]1[C@H](C(=O)O)[C@H]2C=C[C@H]1C2. The van der Waals surface area contributed by atoms with E-state index in [2.05, 4.69) is 5.32 Å². The summed E-state index contributed by atoms with van der Waals surface area (Å²) >= 11 is 1.16. The van der Waals surface area contributed by atoms with E-state index in [1.54, 1.807) is 17.5 Å². The van der Waals surface area contributed by atoms with Crippen LogP contribution in [0.5, 0.6) is 0 Å². The van der Waals surface area contributed by atoms with Crippen LogP contribution in [0.25, 0.3) is 11.1 Å². The van der Waals surface area contributed by atoms with E-state index in [0.29, 0.717) is 29.0 Å². The standard InChI is InChI=1S/C23H22FNO5S/c1-2-9-30-23(29)19-16(12-5-7-15(24)8-6-12)11-31-21(19)25-20(26)17-13-3-4-14(10-13)18(17)22(27)28/h3-8,11,13-14,17-18H,2,9-10H2,1H3,(H,25,26)(H,27,28)/t13-,14-,17+,18+/m0/s1. The number of carbonyl (C=O) groups excluding carboxylic acids is 2. The summed E-state index contributed by atoms with van der Waals surface area (Å²) in [4.78, 5) is 37.7. The molecule has 4 rings (SSSR count). The average Bonchev–Trinajstić information content (AvgIpc) is 3.47. The molecule has 6 nitrogen and oxygen atoms in total. The maximum Gasteiger partial charge on any atom is 0.341 e. The van der Waals surface area contributed by atoms with Crippen LogP contribution in [0.15, 0.2) is 41.8 Å². The van der Waals surface area contributed by atoms with Crippen LogP contribution in [0.2, 0.25) is 0 Å². The third-order valence-corrected chi connectivity index (χ3v) is 6.77. The van der Waals surface area contributed by atoms with Gasteiger partial charge in [0.05, 0.1) is 18.4 Å². The number of hydrogen-bond donors (Lipinski definition) is 2. The van der Waals surface area contributed by atoms with Crippen LogP contribution in [0.3, 0.4) is 0 Å². The van der Waals surface area contributed by atoms with Crippen LogP contribution in [-0.4, -0.2) is 29.6 Å². The Morgan fingerprint density at radius 3 is 2.48 bits per heavy atom. The summed E-state index contributed by atoms with van der Waals surface area (Å²) in [7, 11) is 0. The Labute approximate surface area is 182 Å². The Morgan fingerprint density at radius 2 is 1.84 bits per heavy atom. The molecule has 1 aromatic carbocycles. The summed E-state index contributed by atoms with van der Waals surface area (Å²) in [5.74, 6) is -4.13. The van der Waals surface area contributed by atoms with Crippen LogP contribution < -0.4 is 5.32 Å². The van der Waals surface area contributed by atoms with Gasteiger partial charge in [-0.2, -0.15) is 0 Å². The molecular weight excluding hydrogens is 421 g/mol. The second kappa shape index (κ2) is 8.63. The van der Waals surface area contributed by atoms with E-state index in [0.717, 1.165) is 11.3 Å². The van der Waals surface area contributed by atoms with Crippen LogP contribution in [-0.2, 0) is 14.3 Å². The van der Waals surface area contributed by atoms with E-state index in [9.17, 15) is 23.9 Å². The number of esters is 1. The molecule has 1 heterocycles. The molecule has 162 valence electrons. The lowest BCUT2D eigenvalue weighted by atomic mass is 9.82. The number of fused-ring (bicyclic) bond motifs is 2. The zero-order valence-corrected chi connectivity index (χ0v) is 17.7. The number of aliphatic carboxylic acids is 1. The second-order valence-electron chi connectivity index (χ2n) is 7.82. The molecular formula is C23H22FNO5S. The molecule has 0 saturated heterocycles. The lowest BCUT2D eigenvalue weighted by Crippen LogP contribution is -2.36. The zero-order chi connectivity index (χ0) is 22.1. The molecule has 1 aromatic heterocycles. The number of hydrogen-bond acceptors (Lipinski definition) is 5. The minimum Gasteiger partial charge on any atom is -0.481 e. The predicted molar refractivity (Wildman–Crippen MR) is 114 cm³/mol. The molecule has 2 bridgehead atoms. The van der Waals surface area contributed by atoms with E-state index >= 15 is 0 Å². The van der Waals surface area contributed by atoms with Gasteiger partial charge in [-0.1, -0.05) is 31.2 Å². The van der Waals surface area contributed by atoms with Gasteiger partial charge in [0, 0.05) is 10.9 Å². The van der Waals surface area contributed by atoms with Crippen molar-refractivity contribution in [2.45, 2.75) is 19.8 Å². The molecule has 2 aliphatic rings. The minimum atomic E-state index is -0.988. The van der Waals surface area contributed by atoms with Crippen molar-refractivity contribution in [3.63, 3.8) is 0 Å². The number of ether oxygens (including phenoxy) is 1. The highest BCUT2D eigenvalue weighted by molar-refractivity contribution is 7.15. The van der Waals surface area contributed by atoms with Crippen molar-refractivity contribution in [3.05, 3.63) is 53.2 Å². The third kappa shape index (κ3) is 3.99. The number of amides is 1. The molecule has 1 amide bonds. The lowest BCUT2D eigenvalue weighted by Gasteiger charge is -2.23. The highest BCUT2D eigenvalue weighted by atomic mass is 32.1. The number of rotatable bonds is 7. The Bertz CT molecular complexity index is 1040. The largest absolute Gasteiger partial charge is 0.481 e. The van der Waals surface area contributed by atoms with Crippen molar-refractivity contribution in [3.8, 4) is 11.1 Å². The van der Waals surface area contributed by atoms with E-state index in [-0.39, 0.29) is 24.0 Å². The predicted octanol–water partition coefficient (Wildman–Crippen LogP) is 4.58. The van der Waals surface area contributed by atoms with E-state index in [4.69, 9.17) is 4.74 Å². The van der Waals surface area contributed by atoms with Gasteiger partial charge in [-0.15, -0.1) is 11.3 Å². The number of benzene rings is 1. The summed E-state index contributed by atoms with van der Waals surface area (Å²) in [5, 5.41) is 14.4. The first-order valence-corrected chi connectivity index (χ1v) is 11.0. The Hall–Kier alpha value is -3.00. The maximum absolute atomic E-state index is 13.4. The summed E-state index contributed by atoms with van der Waals surface area (Å²) in [6.45, 7) is 2.10. The molecule has 8 heteroatoms. The number of anilines is 1. The molecule has 2 aliphatic carbocycles. The highest BCUT2D eigenvalue weighted by Gasteiger charge is 2.51. The van der Waals surface area contributed by atoms with Crippen molar-refractivity contribution < 1.29 is 28.6 Å². The van der Waals surface area contributed by atoms with Gasteiger partial charge < -0.3 is 15.2 Å². The van der Waals surface area contributed by atoms with Gasteiger partial charge in [0.1, 0.15) is 16.4 Å². The number of carboxylic acids is 1. The van der Waals surface area contributed by atoms with Gasteiger partial charge >= 0.3 is 11.9 Å². The molecule has 0 unspecified atom stereocenters. The normalized spacial score (nSPS) is 23.7. The summed E-state index contributed by atoms with van der Waals surface area (Å²) in [5.41, 5.74) is 1.35. The van der Waals surface area contributed by atoms with Crippen molar-refractivity contribution >= 4 is 34.2 Å². The summed E-state index contributed by atoms with van der Waals surface area (Å²) in [6, 6.07) is 5.71. The third-order valence-electron chi connectivity index (χ3n) is 5.87. The van der Waals surface area contributed by atoms with Crippen LogP contribution in [0.1, 0.15) is 30.1 Å². The van der Waals surface area contributed by atoms with E-state index < -0.39 is 35.5 Å².